The number of nitrogen functional groups attached to an aromatic ring is 1. The Morgan fingerprint density at radius 2 is 1.62 bits per heavy atom. The Bertz CT molecular complexity index is 502. The van der Waals surface area contributed by atoms with E-state index in [0.717, 1.165) is 34.9 Å². The maximum absolute atomic E-state index is 5.62. The predicted molar refractivity (Wildman–Crippen MR) is 86.1 cm³/mol. The Labute approximate surface area is 127 Å². The highest BCUT2D eigenvalue weighted by atomic mass is 15.3. The van der Waals surface area contributed by atoms with Crippen LogP contribution in [0.4, 0.5) is 11.6 Å². The number of hydrazine groups is 1. The maximum Gasteiger partial charge on any atom is 0.148 e. The first-order valence-corrected chi connectivity index (χ1v) is 8.18. The minimum Gasteiger partial charge on any atom is -0.367 e. The number of nitrogens with two attached hydrogens (primary N) is 1. The first-order chi connectivity index (χ1) is 10.1. The number of anilines is 2. The molecule has 1 heterocycles. The molecule has 2 aliphatic carbocycles. The summed E-state index contributed by atoms with van der Waals surface area (Å²) in [6.45, 7) is 6.73. The van der Waals surface area contributed by atoms with Gasteiger partial charge in [0.05, 0.1) is 0 Å². The summed E-state index contributed by atoms with van der Waals surface area (Å²) < 4.78 is 0. The Morgan fingerprint density at radius 3 is 2.19 bits per heavy atom. The van der Waals surface area contributed by atoms with Crippen molar-refractivity contribution in [2.45, 2.75) is 64.8 Å². The van der Waals surface area contributed by atoms with Gasteiger partial charge in [-0.2, -0.15) is 0 Å². The minimum absolute atomic E-state index is 0.509. The minimum atomic E-state index is 0.509. The molecule has 116 valence electrons. The third kappa shape index (κ3) is 3.28. The second-order valence-electron chi connectivity index (χ2n) is 7.08. The smallest absolute Gasteiger partial charge is 0.148 e. The van der Waals surface area contributed by atoms with Crippen LogP contribution in [0.3, 0.4) is 0 Å². The number of hydrogen-bond acceptors (Lipinski definition) is 5. The predicted octanol–water partition coefficient (Wildman–Crippen LogP) is 3.18. The third-order valence-corrected chi connectivity index (χ3v) is 4.76. The molecule has 0 bridgehead atoms. The molecule has 2 fully saturated rings. The SMILES string of the molecule is Cc1c(NN)nc(C2CC2)nc1NC1CC(C)CC(C)C1. The van der Waals surface area contributed by atoms with Crippen LogP contribution in [0.25, 0.3) is 0 Å². The van der Waals surface area contributed by atoms with Crippen molar-refractivity contribution < 1.29 is 0 Å². The van der Waals surface area contributed by atoms with Gasteiger partial charge < -0.3 is 10.7 Å². The van der Waals surface area contributed by atoms with Gasteiger partial charge in [0.2, 0.25) is 0 Å². The molecule has 5 heteroatoms. The van der Waals surface area contributed by atoms with E-state index in [9.17, 15) is 0 Å². The highest BCUT2D eigenvalue weighted by Crippen LogP contribution is 2.40. The number of nitrogens with zero attached hydrogens (tertiary/aromatic N) is 2. The first kappa shape index (κ1) is 14.6. The molecular weight excluding hydrogens is 262 g/mol. The van der Waals surface area contributed by atoms with E-state index in [1.54, 1.807) is 0 Å². The van der Waals surface area contributed by atoms with Crippen LogP contribution in [0.15, 0.2) is 0 Å². The van der Waals surface area contributed by atoms with E-state index in [1.807, 2.05) is 6.92 Å². The molecule has 0 saturated heterocycles. The fraction of sp³-hybridized carbons (Fsp3) is 0.750. The summed E-state index contributed by atoms with van der Waals surface area (Å²) in [6.07, 6.45) is 6.17. The molecule has 2 atom stereocenters. The van der Waals surface area contributed by atoms with Gasteiger partial charge in [-0.25, -0.2) is 15.8 Å². The van der Waals surface area contributed by atoms with Crippen molar-refractivity contribution in [1.29, 1.82) is 0 Å². The van der Waals surface area contributed by atoms with Crippen molar-refractivity contribution in [3.8, 4) is 0 Å². The van der Waals surface area contributed by atoms with Gasteiger partial charge in [-0.15, -0.1) is 0 Å². The van der Waals surface area contributed by atoms with Crippen molar-refractivity contribution >= 4 is 11.6 Å². The quantitative estimate of drug-likeness (QED) is 0.586. The maximum atomic E-state index is 5.62. The lowest BCUT2D eigenvalue weighted by Gasteiger charge is -2.32. The lowest BCUT2D eigenvalue weighted by molar-refractivity contribution is 0.280. The second kappa shape index (κ2) is 5.79. The summed E-state index contributed by atoms with van der Waals surface area (Å²) in [5.74, 6) is 10.4. The molecule has 1 aromatic heterocycles. The normalized spacial score (nSPS) is 29.2. The lowest BCUT2D eigenvalue weighted by Crippen LogP contribution is -2.31. The Hall–Kier alpha value is -1.36. The van der Waals surface area contributed by atoms with Gasteiger partial charge in [-0.1, -0.05) is 13.8 Å². The van der Waals surface area contributed by atoms with Crippen LogP contribution in [0.2, 0.25) is 0 Å². The molecule has 0 spiro atoms. The molecule has 2 aliphatic rings. The Kier molecular flexibility index (Phi) is 4.02. The fourth-order valence-electron chi connectivity index (χ4n) is 3.60. The standard InChI is InChI=1S/C16H27N5/c1-9-6-10(2)8-13(7-9)18-14-11(3)15(21-17)20-16(19-14)12-4-5-12/h9-10,12-13H,4-8,17H2,1-3H3,(H2,18,19,20,21). The largest absolute Gasteiger partial charge is 0.367 e. The van der Waals surface area contributed by atoms with Gasteiger partial charge in [-0.05, 0) is 50.9 Å². The Morgan fingerprint density at radius 1 is 1.00 bits per heavy atom. The van der Waals surface area contributed by atoms with Gasteiger partial charge >= 0.3 is 0 Å². The summed E-state index contributed by atoms with van der Waals surface area (Å²) in [5.41, 5.74) is 3.74. The molecule has 0 aliphatic heterocycles. The number of rotatable bonds is 4. The van der Waals surface area contributed by atoms with Crippen molar-refractivity contribution in [3.05, 3.63) is 11.4 Å². The van der Waals surface area contributed by atoms with Crippen LogP contribution >= 0.6 is 0 Å². The van der Waals surface area contributed by atoms with Crippen molar-refractivity contribution in [2.24, 2.45) is 17.7 Å². The van der Waals surface area contributed by atoms with Crippen molar-refractivity contribution in [3.63, 3.8) is 0 Å². The van der Waals surface area contributed by atoms with E-state index in [4.69, 9.17) is 10.8 Å². The first-order valence-electron chi connectivity index (χ1n) is 8.18. The number of nitrogens with one attached hydrogen (secondary N) is 2. The number of aromatic nitrogens is 2. The van der Waals surface area contributed by atoms with E-state index < -0.39 is 0 Å². The monoisotopic (exact) mass is 289 g/mol. The molecule has 2 saturated carbocycles. The van der Waals surface area contributed by atoms with Crippen LogP contribution in [0, 0.1) is 18.8 Å². The molecule has 1 aromatic rings. The van der Waals surface area contributed by atoms with Crippen LogP contribution in [0.1, 0.15) is 63.3 Å². The molecule has 3 rings (SSSR count). The zero-order valence-electron chi connectivity index (χ0n) is 13.3. The summed E-state index contributed by atoms with van der Waals surface area (Å²) >= 11 is 0. The molecule has 5 nitrogen and oxygen atoms in total. The zero-order chi connectivity index (χ0) is 15.0. The molecule has 21 heavy (non-hydrogen) atoms. The van der Waals surface area contributed by atoms with E-state index in [2.05, 4.69) is 29.6 Å². The van der Waals surface area contributed by atoms with Gasteiger partial charge in [-0.3, -0.25) is 0 Å². The van der Waals surface area contributed by atoms with E-state index in [-0.39, 0.29) is 0 Å². The summed E-state index contributed by atoms with van der Waals surface area (Å²) in [6, 6.07) is 0.509. The average Bonchev–Trinajstić information content (AvgIpc) is 3.24. The third-order valence-electron chi connectivity index (χ3n) is 4.76. The molecule has 0 aromatic carbocycles. The average molecular weight is 289 g/mol. The molecule has 0 radical (unpaired) electrons. The highest BCUT2D eigenvalue weighted by molar-refractivity contribution is 5.57. The van der Waals surface area contributed by atoms with Crippen LogP contribution in [-0.2, 0) is 0 Å². The van der Waals surface area contributed by atoms with Gasteiger partial charge in [0.15, 0.2) is 0 Å². The van der Waals surface area contributed by atoms with Crippen molar-refractivity contribution in [2.75, 3.05) is 10.7 Å². The molecular formula is C16H27N5. The van der Waals surface area contributed by atoms with Gasteiger partial charge in [0, 0.05) is 17.5 Å². The molecule has 0 amide bonds. The topological polar surface area (TPSA) is 75.9 Å². The summed E-state index contributed by atoms with van der Waals surface area (Å²) in [5, 5.41) is 3.66. The van der Waals surface area contributed by atoms with Crippen molar-refractivity contribution in [1.82, 2.24) is 9.97 Å². The van der Waals surface area contributed by atoms with Crippen LogP contribution < -0.4 is 16.6 Å². The fourth-order valence-corrected chi connectivity index (χ4v) is 3.60. The summed E-state index contributed by atoms with van der Waals surface area (Å²) in [4.78, 5) is 9.32. The van der Waals surface area contributed by atoms with Gasteiger partial charge in [0.1, 0.15) is 17.5 Å². The zero-order valence-corrected chi connectivity index (χ0v) is 13.3. The number of hydrogen-bond donors (Lipinski definition) is 3. The van der Waals surface area contributed by atoms with Crippen LogP contribution in [0.5, 0.6) is 0 Å². The lowest BCUT2D eigenvalue weighted by atomic mass is 9.80. The molecule has 4 N–H and O–H groups in total. The molecule has 2 unspecified atom stereocenters. The van der Waals surface area contributed by atoms with Crippen LogP contribution in [-0.4, -0.2) is 16.0 Å². The summed E-state index contributed by atoms with van der Waals surface area (Å²) in [7, 11) is 0. The highest BCUT2D eigenvalue weighted by Gasteiger charge is 2.29. The van der Waals surface area contributed by atoms with E-state index >= 15 is 0 Å². The second-order valence-corrected chi connectivity index (χ2v) is 7.08. The van der Waals surface area contributed by atoms with E-state index in [0.29, 0.717) is 12.0 Å². The van der Waals surface area contributed by atoms with Gasteiger partial charge in [0.25, 0.3) is 0 Å². The Balaban J connectivity index is 1.81. The van der Waals surface area contributed by atoms with E-state index in [1.165, 1.54) is 32.1 Å².